The lowest BCUT2D eigenvalue weighted by Gasteiger charge is -2.31. The summed E-state index contributed by atoms with van der Waals surface area (Å²) < 4.78 is 0. The zero-order chi connectivity index (χ0) is 16.7. The minimum Gasteiger partial charge on any atom is -0.481 e. The third-order valence-electron chi connectivity index (χ3n) is 4.34. The van der Waals surface area contributed by atoms with Crippen molar-refractivity contribution in [1.82, 2.24) is 0 Å². The molecule has 1 aliphatic carbocycles. The molecule has 0 saturated carbocycles. The number of hydrogen-bond acceptors (Lipinski definition) is 2. The van der Waals surface area contributed by atoms with Gasteiger partial charge < -0.3 is 10.0 Å². The van der Waals surface area contributed by atoms with Crippen LogP contribution in [0.15, 0.2) is 42.5 Å². The van der Waals surface area contributed by atoms with Crippen molar-refractivity contribution in [3.05, 3.63) is 42.5 Å². The molecule has 1 amide bonds. The van der Waals surface area contributed by atoms with Gasteiger partial charge in [-0.1, -0.05) is 50.1 Å². The van der Waals surface area contributed by atoms with E-state index in [9.17, 15) is 14.7 Å². The second-order valence-electron chi connectivity index (χ2n) is 6.01. The minimum atomic E-state index is -0.916. The van der Waals surface area contributed by atoms with Crippen molar-refractivity contribution in [3.63, 3.8) is 0 Å². The number of carboxylic acid groups (broad SMARTS) is 1. The van der Waals surface area contributed by atoms with Crippen LogP contribution in [0.25, 0.3) is 0 Å². The molecule has 0 fully saturated rings. The second kappa shape index (κ2) is 8.51. The van der Waals surface area contributed by atoms with Crippen molar-refractivity contribution in [2.45, 2.75) is 39.0 Å². The Morgan fingerprint density at radius 1 is 1.22 bits per heavy atom. The van der Waals surface area contributed by atoms with Gasteiger partial charge in [-0.15, -0.1) is 0 Å². The van der Waals surface area contributed by atoms with Crippen LogP contribution in [0, 0.1) is 11.8 Å². The zero-order valence-corrected chi connectivity index (χ0v) is 13.6. The Balaban J connectivity index is 2.21. The van der Waals surface area contributed by atoms with Crippen LogP contribution in [-0.2, 0) is 9.59 Å². The van der Waals surface area contributed by atoms with Crippen molar-refractivity contribution in [1.29, 1.82) is 0 Å². The summed E-state index contributed by atoms with van der Waals surface area (Å²) in [6, 6.07) is 9.56. The standard InChI is InChI=1S/C19H25NO3/c1-2-3-9-14-20(15-10-5-4-6-11-15)18(21)16-12-7-8-13-17(16)19(22)23/h4-6,8,10-11,13,16-17H,2-3,7,9,12,14H2,1H3,(H,22,23). The highest BCUT2D eigenvalue weighted by Crippen LogP contribution is 2.29. The first kappa shape index (κ1) is 17.3. The van der Waals surface area contributed by atoms with Gasteiger partial charge in [0.05, 0.1) is 11.8 Å². The number of carboxylic acids is 1. The van der Waals surface area contributed by atoms with E-state index in [2.05, 4.69) is 6.92 Å². The molecule has 2 unspecified atom stereocenters. The second-order valence-corrected chi connectivity index (χ2v) is 6.01. The van der Waals surface area contributed by atoms with Crippen LogP contribution in [0.4, 0.5) is 5.69 Å². The van der Waals surface area contributed by atoms with Crippen molar-refractivity contribution in [2.75, 3.05) is 11.4 Å². The Kier molecular flexibility index (Phi) is 6.39. The number of anilines is 1. The first-order chi connectivity index (χ1) is 11.1. The molecule has 4 nitrogen and oxygen atoms in total. The van der Waals surface area contributed by atoms with Crippen molar-refractivity contribution >= 4 is 17.6 Å². The summed E-state index contributed by atoms with van der Waals surface area (Å²) >= 11 is 0. The van der Waals surface area contributed by atoms with Crippen LogP contribution in [0.2, 0.25) is 0 Å². The molecular formula is C19H25NO3. The van der Waals surface area contributed by atoms with Crippen LogP contribution in [0.3, 0.4) is 0 Å². The zero-order valence-electron chi connectivity index (χ0n) is 13.6. The number of carbonyl (C=O) groups is 2. The van der Waals surface area contributed by atoms with Gasteiger partial charge in [0.25, 0.3) is 0 Å². The van der Waals surface area contributed by atoms with E-state index in [-0.39, 0.29) is 5.91 Å². The van der Waals surface area contributed by atoms with Crippen molar-refractivity contribution < 1.29 is 14.7 Å². The number of allylic oxidation sites excluding steroid dienone is 1. The summed E-state index contributed by atoms with van der Waals surface area (Å²) in [7, 11) is 0. The van der Waals surface area contributed by atoms with Crippen molar-refractivity contribution in [3.8, 4) is 0 Å². The van der Waals surface area contributed by atoms with E-state index in [4.69, 9.17) is 0 Å². The molecule has 0 aromatic heterocycles. The Hall–Kier alpha value is -2.10. The number of carbonyl (C=O) groups excluding carboxylic acids is 1. The van der Waals surface area contributed by atoms with E-state index in [0.29, 0.717) is 13.0 Å². The van der Waals surface area contributed by atoms with Crippen molar-refractivity contribution in [2.24, 2.45) is 11.8 Å². The third-order valence-corrected chi connectivity index (χ3v) is 4.34. The SMILES string of the molecule is CCCCCN(C(=O)C1CCC=CC1C(=O)O)c1ccccc1. The first-order valence-electron chi connectivity index (χ1n) is 8.41. The summed E-state index contributed by atoms with van der Waals surface area (Å²) in [4.78, 5) is 26.3. The third kappa shape index (κ3) is 4.44. The number of unbranched alkanes of at least 4 members (excludes halogenated alkanes) is 2. The molecule has 2 rings (SSSR count). The van der Waals surface area contributed by atoms with Gasteiger partial charge in [0.2, 0.25) is 5.91 Å². The van der Waals surface area contributed by atoms with Gasteiger partial charge >= 0.3 is 5.97 Å². The summed E-state index contributed by atoms with van der Waals surface area (Å²) in [5, 5.41) is 9.40. The van der Waals surface area contributed by atoms with Crippen LogP contribution < -0.4 is 4.90 Å². The maximum absolute atomic E-state index is 13.0. The predicted octanol–water partition coefficient (Wildman–Crippen LogP) is 3.88. The lowest BCUT2D eigenvalue weighted by Crippen LogP contribution is -2.42. The van der Waals surface area contributed by atoms with Gasteiger partial charge in [-0.2, -0.15) is 0 Å². The number of benzene rings is 1. The number of hydrogen-bond donors (Lipinski definition) is 1. The highest BCUT2D eigenvalue weighted by Gasteiger charge is 2.36. The molecule has 1 aliphatic rings. The molecule has 124 valence electrons. The van der Waals surface area contributed by atoms with E-state index in [1.54, 1.807) is 11.0 Å². The molecule has 23 heavy (non-hydrogen) atoms. The lowest BCUT2D eigenvalue weighted by molar-refractivity contribution is -0.145. The molecule has 0 spiro atoms. The fourth-order valence-electron chi connectivity index (χ4n) is 3.06. The fourth-order valence-corrected chi connectivity index (χ4v) is 3.06. The highest BCUT2D eigenvalue weighted by molar-refractivity contribution is 5.97. The average Bonchev–Trinajstić information content (AvgIpc) is 2.59. The van der Waals surface area contributed by atoms with Gasteiger partial charge in [-0.05, 0) is 31.4 Å². The number of nitrogens with zero attached hydrogens (tertiary/aromatic N) is 1. The topological polar surface area (TPSA) is 57.6 Å². The number of amides is 1. The monoisotopic (exact) mass is 315 g/mol. The predicted molar refractivity (Wildman–Crippen MR) is 91.3 cm³/mol. The van der Waals surface area contributed by atoms with Crippen LogP contribution in [-0.4, -0.2) is 23.5 Å². The largest absolute Gasteiger partial charge is 0.481 e. The average molecular weight is 315 g/mol. The summed E-state index contributed by atoms with van der Waals surface area (Å²) in [5.41, 5.74) is 0.854. The number of rotatable bonds is 7. The fraction of sp³-hybridized carbons (Fsp3) is 0.474. The smallest absolute Gasteiger partial charge is 0.311 e. The maximum Gasteiger partial charge on any atom is 0.311 e. The normalized spacial score (nSPS) is 20.2. The molecule has 1 aromatic rings. The Bertz CT molecular complexity index is 553. The maximum atomic E-state index is 13.0. The van der Waals surface area contributed by atoms with Gasteiger partial charge in [0, 0.05) is 12.2 Å². The molecule has 4 heteroatoms. The molecule has 0 bridgehead atoms. The van der Waals surface area contributed by atoms with Crippen LogP contribution in [0.1, 0.15) is 39.0 Å². The minimum absolute atomic E-state index is 0.0657. The molecule has 1 N–H and O–H groups in total. The first-order valence-corrected chi connectivity index (χ1v) is 8.41. The summed E-state index contributed by atoms with van der Waals surface area (Å²) in [6.45, 7) is 2.77. The van der Waals surface area contributed by atoms with Crippen LogP contribution >= 0.6 is 0 Å². The molecule has 0 heterocycles. The van der Waals surface area contributed by atoms with Gasteiger partial charge in [0.1, 0.15) is 0 Å². The number of aliphatic carboxylic acids is 1. The molecule has 0 saturated heterocycles. The molecule has 2 atom stereocenters. The van der Waals surface area contributed by atoms with E-state index in [0.717, 1.165) is 31.4 Å². The molecular weight excluding hydrogens is 290 g/mol. The Morgan fingerprint density at radius 3 is 2.61 bits per heavy atom. The highest BCUT2D eigenvalue weighted by atomic mass is 16.4. The Labute approximate surface area is 137 Å². The summed E-state index contributed by atoms with van der Waals surface area (Å²) in [6.07, 6.45) is 7.97. The molecule has 0 aliphatic heterocycles. The van der Waals surface area contributed by atoms with E-state index >= 15 is 0 Å². The van der Waals surface area contributed by atoms with Gasteiger partial charge in [-0.25, -0.2) is 0 Å². The van der Waals surface area contributed by atoms with E-state index < -0.39 is 17.8 Å². The number of para-hydroxylation sites is 1. The van der Waals surface area contributed by atoms with E-state index in [1.165, 1.54) is 0 Å². The van der Waals surface area contributed by atoms with Crippen LogP contribution in [0.5, 0.6) is 0 Å². The molecule has 1 aromatic carbocycles. The Morgan fingerprint density at radius 2 is 1.96 bits per heavy atom. The van der Waals surface area contributed by atoms with E-state index in [1.807, 2.05) is 36.4 Å². The quantitative estimate of drug-likeness (QED) is 0.613. The molecule has 0 radical (unpaired) electrons. The van der Waals surface area contributed by atoms with Gasteiger partial charge in [0.15, 0.2) is 0 Å². The summed E-state index contributed by atoms with van der Waals surface area (Å²) in [5.74, 6) is -2.17. The van der Waals surface area contributed by atoms with Gasteiger partial charge in [-0.3, -0.25) is 9.59 Å². The lowest BCUT2D eigenvalue weighted by atomic mass is 9.82.